The molecule has 3 atom stereocenters. The van der Waals surface area contributed by atoms with Crippen LogP contribution in [0.5, 0.6) is 0 Å². The van der Waals surface area contributed by atoms with Gasteiger partial charge in [0.1, 0.15) is 0 Å². The summed E-state index contributed by atoms with van der Waals surface area (Å²) in [5.41, 5.74) is 2.66. The molecule has 0 spiro atoms. The van der Waals surface area contributed by atoms with Crippen LogP contribution in [-0.2, 0) is 7.05 Å². The highest BCUT2D eigenvalue weighted by molar-refractivity contribution is 5.26. The third-order valence-corrected chi connectivity index (χ3v) is 3.83. The van der Waals surface area contributed by atoms with Gasteiger partial charge in [0.2, 0.25) is 0 Å². The summed E-state index contributed by atoms with van der Waals surface area (Å²) in [6.45, 7) is 4.40. The lowest BCUT2D eigenvalue weighted by atomic mass is 9.65. The highest BCUT2D eigenvalue weighted by atomic mass is 15.2. The van der Waals surface area contributed by atoms with E-state index >= 15 is 0 Å². The van der Waals surface area contributed by atoms with Crippen LogP contribution in [-0.4, -0.2) is 22.9 Å². The first-order valence-electron chi connectivity index (χ1n) is 5.84. The average Bonchev–Trinajstić information content (AvgIpc) is 2.45. The van der Waals surface area contributed by atoms with Crippen molar-refractivity contribution in [2.75, 3.05) is 7.05 Å². The molecule has 1 aliphatic rings. The molecular formula is C12H21N3. The predicted octanol–water partition coefficient (Wildman–Crippen LogP) is 1.83. The van der Waals surface area contributed by atoms with Crippen LogP contribution in [0.4, 0.5) is 0 Å². The highest BCUT2D eigenvalue weighted by Crippen LogP contribution is 2.45. The molecule has 3 nitrogen and oxygen atoms in total. The number of hydrogen-bond donors (Lipinski definition) is 1. The third kappa shape index (κ3) is 1.69. The maximum Gasteiger partial charge on any atom is 0.0628 e. The Hall–Kier alpha value is -0.830. The van der Waals surface area contributed by atoms with Gasteiger partial charge < -0.3 is 5.32 Å². The summed E-state index contributed by atoms with van der Waals surface area (Å²) in [4.78, 5) is 0. The highest BCUT2D eigenvalue weighted by Gasteiger charge is 2.40. The Morgan fingerprint density at radius 1 is 1.60 bits per heavy atom. The molecule has 0 aromatic carbocycles. The van der Waals surface area contributed by atoms with E-state index in [4.69, 9.17) is 0 Å². The zero-order chi connectivity index (χ0) is 11.0. The Kier molecular flexibility index (Phi) is 2.83. The largest absolute Gasteiger partial charge is 0.317 e. The summed E-state index contributed by atoms with van der Waals surface area (Å²) in [5.74, 6) is 1.51. The Morgan fingerprint density at radius 3 is 2.80 bits per heavy atom. The summed E-state index contributed by atoms with van der Waals surface area (Å²) in [6, 6.07) is 0.708. The number of rotatable bonds is 3. The summed E-state index contributed by atoms with van der Waals surface area (Å²) in [5, 5.41) is 7.83. The van der Waals surface area contributed by atoms with Crippen molar-refractivity contribution < 1.29 is 0 Å². The van der Waals surface area contributed by atoms with Crippen LogP contribution in [0.1, 0.15) is 36.9 Å². The topological polar surface area (TPSA) is 29.9 Å². The fraction of sp³-hybridized carbons (Fsp3) is 0.750. The molecule has 3 heteroatoms. The molecule has 0 amide bonds. The minimum absolute atomic E-state index is 0.708. The van der Waals surface area contributed by atoms with Crippen molar-refractivity contribution in [3.63, 3.8) is 0 Å². The lowest BCUT2D eigenvalue weighted by molar-refractivity contribution is 0.168. The zero-order valence-corrected chi connectivity index (χ0v) is 10.1. The second-order valence-corrected chi connectivity index (χ2v) is 4.65. The molecule has 3 unspecified atom stereocenters. The SMILES string of the molecule is CCC1C(NC)CC1c1cn(C)nc1C. The lowest BCUT2D eigenvalue weighted by Crippen LogP contribution is -2.47. The molecule has 1 aromatic rings. The Morgan fingerprint density at radius 2 is 2.33 bits per heavy atom. The van der Waals surface area contributed by atoms with Gasteiger partial charge in [0.05, 0.1) is 5.69 Å². The Labute approximate surface area is 91.9 Å². The van der Waals surface area contributed by atoms with Crippen molar-refractivity contribution in [1.82, 2.24) is 15.1 Å². The Bertz CT molecular complexity index is 343. The van der Waals surface area contributed by atoms with Gasteiger partial charge >= 0.3 is 0 Å². The van der Waals surface area contributed by atoms with Crippen LogP contribution in [0, 0.1) is 12.8 Å². The molecular weight excluding hydrogens is 186 g/mol. The minimum Gasteiger partial charge on any atom is -0.317 e. The van der Waals surface area contributed by atoms with Crippen molar-refractivity contribution in [2.24, 2.45) is 13.0 Å². The summed E-state index contributed by atoms with van der Waals surface area (Å²) in [6.07, 6.45) is 4.71. The lowest BCUT2D eigenvalue weighted by Gasteiger charge is -2.44. The van der Waals surface area contributed by atoms with Crippen LogP contribution in [0.3, 0.4) is 0 Å². The van der Waals surface area contributed by atoms with Gasteiger partial charge in [0, 0.05) is 19.3 Å². The van der Waals surface area contributed by atoms with E-state index in [2.05, 4.69) is 37.5 Å². The van der Waals surface area contributed by atoms with Crippen LogP contribution >= 0.6 is 0 Å². The van der Waals surface area contributed by atoms with Crippen molar-refractivity contribution in [2.45, 2.75) is 38.6 Å². The second kappa shape index (κ2) is 3.97. The molecule has 15 heavy (non-hydrogen) atoms. The standard InChI is InChI=1S/C12H21N3/c1-5-9-10(6-12(9)13-3)11-7-15(4)14-8(11)2/h7,9-10,12-13H,5-6H2,1-4H3. The van der Waals surface area contributed by atoms with Crippen LogP contribution < -0.4 is 5.32 Å². The molecule has 1 saturated carbocycles. The van der Waals surface area contributed by atoms with Gasteiger partial charge in [-0.1, -0.05) is 13.3 Å². The molecule has 0 radical (unpaired) electrons. The van der Waals surface area contributed by atoms with E-state index in [1.807, 2.05) is 11.7 Å². The van der Waals surface area contributed by atoms with E-state index in [0.29, 0.717) is 6.04 Å². The molecule has 84 valence electrons. The summed E-state index contributed by atoms with van der Waals surface area (Å²) < 4.78 is 1.93. The first-order valence-corrected chi connectivity index (χ1v) is 5.84. The number of nitrogens with one attached hydrogen (secondary N) is 1. The first kappa shape index (κ1) is 10.7. The van der Waals surface area contributed by atoms with Crippen molar-refractivity contribution in [3.05, 3.63) is 17.5 Å². The normalized spacial score (nSPS) is 30.3. The van der Waals surface area contributed by atoms with Gasteiger partial charge in [-0.2, -0.15) is 5.10 Å². The average molecular weight is 207 g/mol. The van der Waals surface area contributed by atoms with E-state index in [9.17, 15) is 0 Å². The Balaban J connectivity index is 2.16. The molecule has 1 aliphatic carbocycles. The fourth-order valence-corrected chi connectivity index (χ4v) is 2.95. The molecule has 2 rings (SSSR count). The molecule has 1 heterocycles. The van der Waals surface area contributed by atoms with Crippen LogP contribution in [0.25, 0.3) is 0 Å². The van der Waals surface area contributed by atoms with Crippen LogP contribution in [0.2, 0.25) is 0 Å². The smallest absolute Gasteiger partial charge is 0.0628 e. The zero-order valence-electron chi connectivity index (χ0n) is 10.1. The monoisotopic (exact) mass is 207 g/mol. The van der Waals surface area contributed by atoms with Crippen molar-refractivity contribution in [3.8, 4) is 0 Å². The molecule has 0 aliphatic heterocycles. The van der Waals surface area contributed by atoms with Gasteiger partial charge in [-0.05, 0) is 37.8 Å². The van der Waals surface area contributed by atoms with Crippen molar-refractivity contribution in [1.29, 1.82) is 0 Å². The number of nitrogens with zero attached hydrogens (tertiary/aromatic N) is 2. The molecule has 0 bridgehead atoms. The maximum absolute atomic E-state index is 4.43. The van der Waals surface area contributed by atoms with E-state index in [1.165, 1.54) is 24.1 Å². The van der Waals surface area contributed by atoms with E-state index in [0.717, 1.165) is 11.8 Å². The van der Waals surface area contributed by atoms with Crippen molar-refractivity contribution >= 4 is 0 Å². The number of hydrogen-bond acceptors (Lipinski definition) is 2. The molecule has 1 fully saturated rings. The predicted molar refractivity (Wildman–Crippen MR) is 61.9 cm³/mol. The maximum atomic E-state index is 4.43. The molecule has 0 saturated heterocycles. The van der Waals surface area contributed by atoms with Gasteiger partial charge in [0.25, 0.3) is 0 Å². The quantitative estimate of drug-likeness (QED) is 0.819. The van der Waals surface area contributed by atoms with Gasteiger partial charge in [-0.25, -0.2) is 0 Å². The third-order valence-electron chi connectivity index (χ3n) is 3.83. The summed E-state index contributed by atoms with van der Waals surface area (Å²) >= 11 is 0. The van der Waals surface area contributed by atoms with E-state index in [1.54, 1.807) is 0 Å². The minimum atomic E-state index is 0.708. The van der Waals surface area contributed by atoms with Gasteiger partial charge in [-0.3, -0.25) is 4.68 Å². The molecule has 1 N–H and O–H groups in total. The second-order valence-electron chi connectivity index (χ2n) is 4.65. The van der Waals surface area contributed by atoms with E-state index < -0.39 is 0 Å². The van der Waals surface area contributed by atoms with E-state index in [-0.39, 0.29) is 0 Å². The number of aromatic nitrogens is 2. The first-order chi connectivity index (χ1) is 7.17. The number of aryl methyl sites for hydroxylation is 2. The van der Waals surface area contributed by atoms with Gasteiger partial charge in [-0.15, -0.1) is 0 Å². The molecule has 1 aromatic heterocycles. The van der Waals surface area contributed by atoms with Crippen LogP contribution in [0.15, 0.2) is 6.20 Å². The summed E-state index contributed by atoms with van der Waals surface area (Å²) in [7, 11) is 4.07. The fourth-order valence-electron chi connectivity index (χ4n) is 2.95. The van der Waals surface area contributed by atoms with Gasteiger partial charge in [0.15, 0.2) is 0 Å².